The monoisotopic (exact) mass is 511 g/mol. The summed E-state index contributed by atoms with van der Waals surface area (Å²) in [6.45, 7) is 4.49. The van der Waals surface area contributed by atoms with Gasteiger partial charge in [-0.15, -0.1) is 0 Å². The van der Waals surface area contributed by atoms with Crippen LogP contribution >= 0.6 is 15.9 Å². The van der Waals surface area contributed by atoms with Gasteiger partial charge in [0.2, 0.25) is 0 Å². The number of benzene rings is 3. The van der Waals surface area contributed by atoms with Crippen molar-refractivity contribution in [3.05, 3.63) is 73.2 Å². The number of nitrogens with one attached hydrogen (secondary N) is 1. The molecule has 33 heavy (non-hydrogen) atoms. The van der Waals surface area contributed by atoms with E-state index in [2.05, 4.69) is 21.2 Å². The normalized spacial score (nSPS) is 13.0. The van der Waals surface area contributed by atoms with Crippen LogP contribution in [0.4, 0.5) is 17.1 Å². The van der Waals surface area contributed by atoms with Crippen molar-refractivity contribution in [2.45, 2.75) is 20.3 Å². The fraction of sp³-hybridized carbons (Fsp3) is 0.250. The topological polar surface area (TPSA) is 102 Å². The van der Waals surface area contributed by atoms with Gasteiger partial charge in [0, 0.05) is 47.1 Å². The molecule has 4 rings (SSSR count). The zero-order valence-corrected chi connectivity index (χ0v) is 20.0. The quantitative estimate of drug-likeness (QED) is 0.194. The van der Waals surface area contributed by atoms with Crippen LogP contribution in [0.2, 0.25) is 0 Å². The van der Waals surface area contributed by atoms with Crippen molar-refractivity contribution in [3.8, 4) is 0 Å². The first kappa shape index (κ1) is 22.9. The highest BCUT2D eigenvalue weighted by molar-refractivity contribution is 9.10. The van der Waals surface area contributed by atoms with Gasteiger partial charge in [-0.3, -0.25) is 24.6 Å². The van der Waals surface area contributed by atoms with Crippen molar-refractivity contribution in [3.63, 3.8) is 0 Å². The van der Waals surface area contributed by atoms with Crippen LogP contribution in [0.15, 0.2) is 40.9 Å². The Kier molecular flexibility index (Phi) is 6.18. The molecule has 3 aromatic carbocycles. The van der Waals surface area contributed by atoms with Crippen LogP contribution in [0.25, 0.3) is 10.8 Å². The third kappa shape index (κ3) is 3.98. The van der Waals surface area contributed by atoms with Gasteiger partial charge in [0.25, 0.3) is 17.5 Å². The van der Waals surface area contributed by atoms with E-state index in [0.717, 1.165) is 20.5 Å². The molecule has 0 saturated carbocycles. The Balaban J connectivity index is 1.92. The predicted octanol–water partition coefficient (Wildman–Crippen LogP) is 5.50. The number of nitro groups is 1. The maximum Gasteiger partial charge on any atom is 0.294 e. The maximum atomic E-state index is 13.2. The second-order valence-electron chi connectivity index (χ2n) is 7.95. The lowest BCUT2D eigenvalue weighted by atomic mass is 9.92. The Labute approximate surface area is 198 Å². The minimum atomic E-state index is -0.540. The van der Waals surface area contributed by atoms with Gasteiger partial charge in [0.15, 0.2) is 0 Å². The van der Waals surface area contributed by atoms with Gasteiger partial charge >= 0.3 is 0 Å². The zero-order chi connectivity index (χ0) is 23.9. The molecule has 0 aliphatic carbocycles. The summed E-state index contributed by atoms with van der Waals surface area (Å²) < 4.78 is 5.78. The van der Waals surface area contributed by atoms with Crippen molar-refractivity contribution in [2.75, 3.05) is 25.6 Å². The predicted molar refractivity (Wildman–Crippen MR) is 129 cm³/mol. The van der Waals surface area contributed by atoms with E-state index in [1.807, 2.05) is 26.0 Å². The van der Waals surface area contributed by atoms with E-state index in [1.165, 1.54) is 6.07 Å². The highest BCUT2D eigenvalue weighted by Gasteiger charge is 2.36. The summed E-state index contributed by atoms with van der Waals surface area (Å²) in [5.74, 6) is -0.955. The summed E-state index contributed by atoms with van der Waals surface area (Å²) in [4.78, 5) is 39.0. The fourth-order valence-corrected chi connectivity index (χ4v) is 4.61. The van der Waals surface area contributed by atoms with Crippen LogP contribution in [0.5, 0.6) is 0 Å². The molecule has 8 nitrogen and oxygen atoms in total. The van der Waals surface area contributed by atoms with Crippen LogP contribution in [0.3, 0.4) is 0 Å². The molecule has 1 heterocycles. The number of nitro benzene ring substituents is 1. The molecule has 2 amide bonds. The molecule has 0 radical (unpaired) electrons. The molecule has 1 N–H and O–H groups in total. The molecular formula is C24H22BrN3O5. The maximum absolute atomic E-state index is 13.2. The SMILES string of the molecule is COCCCN1C(=O)c2cccc3c(Nc4cc(C)c(C)cc4Br)c([N+](=O)[O-])cc(c23)C1=O. The van der Waals surface area contributed by atoms with E-state index in [1.54, 1.807) is 25.3 Å². The van der Waals surface area contributed by atoms with E-state index in [4.69, 9.17) is 4.74 Å². The second kappa shape index (κ2) is 8.92. The summed E-state index contributed by atoms with van der Waals surface area (Å²) in [6.07, 6.45) is 0.474. The first-order valence-electron chi connectivity index (χ1n) is 10.4. The number of carbonyl (C=O) groups is 2. The lowest BCUT2D eigenvalue weighted by Gasteiger charge is -2.28. The van der Waals surface area contributed by atoms with Gasteiger partial charge in [-0.2, -0.15) is 0 Å². The molecule has 0 aromatic heterocycles. The van der Waals surface area contributed by atoms with Crippen LogP contribution < -0.4 is 5.32 Å². The van der Waals surface area contributed by atoms with Crippen LogP contribution in [-0.4, -0.2) is 41.9 Å². The van der Waals surface area contributed by atoms with E-state index in [-0.39, 0.29) is 23.5 Å². The number of anilines is 2. The number of imide groups is 1. The number of ether oxygens (including phenoxy) is 1. The number of carbonyl (C=O) groups excluding carboxylic acids is 2. The minimum absolute atomic E-state index is 0.147. The number of hydrogen-bond donors (Lipinski definition) is 1. The van der Waals surface area contributed by atoms with Crippen molar-refractivity contribution in [2.24, 2.45) is 0 Å². The molecule has 3 aromatic rings. The minimum Gasteiger partial charge on any atom is -0.385 e. The van der Waals surface area contributed by atoms with Gasteiger partial charge in [-0.25, -0.2) is 0 Å². The van der Waals surface area contributed by atoms with Gasteiger partial charge in [0.1, 0.15) is 5.69 Å². The third-order valence-corrected chi connectivity index (χ3v) is 6.52. The van der Waals surface area contributed by atoms with E-state index in [9.17, 15) is 19.7 Å². The van der Waals surface area contributed by atoms with Gasteiger partial charge < -0.3 is 10.1 Å². The van der Waals surface area contributed by atoms with E-state index in [0.29, 0.717) is 35.1 Å². The number of hydrogen-bond acceptors (Lipinski definition) is 6. The standard InChI is InChI=1S/C24H22BrN3O5/c1-13-10-18(25)19(11-14(13)2)26-22-15-6-4-7-16-21(15)17(12-20(22)28(31)32)24(30)27(23(16)29)8-5-9-33-3/h4,6-7,10-12,26H,5,8-9H2,1-3H3. The molecule has 170 valence electrons. The summed E-state index contributed by atoms with van der Waals surface area (Å²) >= 11 is 3.52. The van der Waals surface area contributed by atoms with Crippen LogP contribution in [0, 0.1) is 24.0 Å². The van der Waals surface area contributed by atoms with E-state index >= 15 is 0 Å². The number of amides is 2. The molecular weight excluding hydrogens is 490 g/mol. The lowest BCUT2D eigenvalue weighted by molar-refractivity contribution is -0.383. The average molecular weight is 512 g/mol. The second-order valence-corrected chi connectivity index (χ2v) is 8.81. The largest absolute Gasteiger partial charge is 0.385 e. The van der Waals surface area contributed by atoms with E-state index < -0.39 is 16.7 Å². The average Bonchev–Trinajstić information content (AvgIpc) is 2.78. The molecule has 0 fully saturated rings. The Bertz CT molecular complexity index is 1320. The smallest absolute Gasteiger partial charge is 0.294 e. The molecule has 9 heteroatoms. The number of rotatable bonds is 7. The Morgan fingerprint density at radius 3 is 2.48 bits per heavy atom. The molecule has 1 aliphatic heterocycles. The highest BCUT2D eigenvalue weighted by Crippen LogP contribution is 2.42. The summed E-state index contributed by atoms with van der Waals surface area (Å²) in [6, 6.07) is 10.1. The van der Waals surface area contributed by atoms with Gasteiger partial charge in [0.05, 0.1) is 16.2 Å². The molecule has 0 unspecified atom stereocenters. The van der Waals surface area contributed by atoms with Crippen molar-refractivity contribution in [1.29, 1.82) is 0 Å². The van der Waals surface area contributed by atoms with Crippen LogP contribution in [-0.2, 0) is 4.74 Å². The Morgan fingerprint density at radius 1 is 1.09 bits per heavy atom. The van der Waals surface area contributed by atoms with Crippen molar-refractivity contribution >= 4 is 55.6 Å². The Morgan fingerprint density at radius 2 is 1.79 bits per heavy atom. The number of aryl methyl sites for hydroxylation is 2. The lowest BCUT2D eigenvalue weighted by Crippen LogP contribution is -2.41. The Hall–Kier alpha value is -3.30. The summed E-state index contributed by atoms with van der Waals surface area (Å²) in [7, 11) is 1.54. The zero-order valence-electron chi connectivity index (χ0n) is 18.4. The molecule has 0 atom stereocenters. The van der Waals surface area contributed by atoms with Crippen molar-refractivity contribution < 1.29 is 19.2 Å². The number of methoxy groups -OCH3 is 1. The van der Waals surface area contributed by atoms with Gasteiger partial charge in [-0.05, 0) is 65.5 Å². The third-order valence-electron chi connectivity index (χ3n) is 5.86. The van der Waals surface area contributed by atoms with Crippen molar-refractivity contribution in [1.82, 2.24) is 4.90 Å². The van der Waals surface area contributed by atoms with Gasteiger partial charge in [-0.1, -0.05) is 12.1 Å². The van der Waals surface area contributed by atoms with Crippen LogP contribution in [0.1, 0.15) is 38.3 Å². The molecule has 0 spiro atoms. The summed E-state index contributed by atoms with van der Waals surface area (Å²) in [5, 5.41) is 16.1. The number of halogens is 1. The molecule has 0 bridgehead atoms. The summed E-state index contributed by atoms with van der Waals surface area (Å²) in [5.41, 5.74) is 3.23. The first-order chi connectivity index (χ1) is 15.7. The number of nitrogens with zero attached hydrogens (tertiary/aromatic N) is 2. The molecule has 1 aliphatic rings. The fourth-order valence-electron chi connectivity index (χ4n) is 4.06. The molecule has 0 saturated heterocycles. The first-order valence-corrected chi connectivity index (χ1v) is 11.2. The highest BCUT2D eigenvalue weighted by atomic mass is 79.9.